The lowest BCUT2D eigenvalue weighted by Gasteiger charge is -2.32. The average Bonchev–Trinajstić information content (AvgIpc) is 3.64. The first-order valence-electron chi connectivity index (χ1n) is 12.0. The number of nitrogens with one attached hydrogen (secondary N) is 4. The summed E-state index contributed by atoms with van der Waals surface area (Å²) in [6, 6.07) is -0.297. The van der Waals surface area contributed by atoms with Crippen LogP contribution in [0.25, 0.3) is 0 Å². The van der Waals surface area contributed by atoms with Crippen molar-refractivity contribution in [3.63, 3.8) is 0 Å². The fraction of sp³-hybridized carbons (Fsp3) is 0.792. The minimum Gasteiger partial charge on any atom is -0.350 e. The van der Waals surface area contributed by atoms with E-state index in [0.29, 0.717) is 18.8 Å². The van der Waals surface area contributed by atoms with Crippen molar-refractivity contribution in [3.05, 3.63) is 0 Å². The maximum absolute atomic E-state index is 13.1. The molecule has 4 amide bonds. The molecule has 2 aliphatic carbocycles. The van der Waals surface area contributed by atoms with Crippen LogP contribution in [0.5, 0.6) is 0 Å². The number of piperidine rings is 1. The Kier molecular flexibility index (Phi) is 7.35. The zero-order chi connectivity index (χ0) is 24.4. The van der Waals surface area contributed by atoms with Crippen LogP contribution in [0.4, 0.5) is 0 Å². The number of carbonyl (C=O) groups excluding carboxylic acids is 4. The summed E-state index contributed by atoms with van der Waals surface area (Å²) in [6.07, 6.45) is 6.39. The highest BCUT2D eigenvalue weighted by atomic mass is 16.2. The van der Waals surface area contributed by atoms with Gasteiger partial charge in [0.25, 0.3) is 0 Å². The molecule has 1 spiro atoms. The quantitative estimate of drug-likeness (QED) is 0.411. The molecule has 4 N–H and O–H groups in total. The van der Waals surface area contributed by atoms with Gasteiger partial charge in [-0.25, -0.2) is 0 Å². The maximum atomic E-state index is 13.1. The van der Waals surface area contributed by atoms with E-state index >= 15 is 0 Å². The summed E-state index contributed by atoms with van der Waals surface area (Å²) in [6.45, 7) is 6.88. The van der Waals surface area contributed by atoms with Crippen LogP contribution in [0.3, 0.4) is 0 Å². The van der Waals surface area contributed by atoms with Gasteiger partial charge in [-0.3, -0.25) is 19.2 Å². The zero-order valence-corrected chi connectivity index (χ0v) is 20.1. The van der Waals surface area contributed by atoms with Crippen molar-refractivity contribution in [3.8, 4) is 6.07 Å². The average molecular weight is 460 g/mol. The molecule has 9 nitrogen and oxygen atoms in total. The topological polar surface area (TPSA) is 140 Å². The Morgan fingerprint density at radius 2 is 1.73 bits per heavy atom. The molecule has 1 saturated heterocycles. The van der Waals surface area contributed by atoms with Crippen LogP contribution in [0.1, 0.15) is 79.1 Å². The number of hydrogen-bond donors (Lipinski definition) is 4. The first kappa shape index (κ1) is 25.0. The standard InChI is InChI=1S/C24H37N5O4/c1-14(30)26-19(23(2,3)4)22(33)28-18(11-15-5-6-15)21(32)27-17(13-25)12-16-7-8-24(9-10-24)29-20(16)31/h15-19H,5-12H2,1-4H3,(H,26,30)(H,27,32)(H,28,33)(H,29,31)/t16-,17-,18-,19+/m0/s1. The molecule has 0 unspecified atom stereocenters. The van der Waals surface area contributed by atoms with Crippen LogP contribution >= 0.6 is 0 Å². The second kappa shape index (κ2) is 9.70. The first-order chi connectivity index (χ1) is 15.4. The smallest absolute Gasteiger partial charge is 0.243 e. The largest absolute Gasteiger partial charge is 0.350 e. The van der Waals surface area contributed by atoms with Crippen molar-refractivity contribution < 1.29 is 19.2 Å². The van der Waals surface area contributed by atoms with E-state index in [2.05, 4.69) is 27.3 Å². The van der Waals surface area contributed by atoms with Crippen LogP contribution in [-0.4, -0.2) is 47.3 Å². The molecule has 0 bridgehead atoms. The van der Waals surface area contributed by atoms with E-state index in [1.165, 1.54) is 6.92 Å². The van der Waals surface area contributed by atoms with Gasteiger partial charge in [0, 0.05) is 18.4 Å². The van der Waals surface area contributed by atoms with Crippen molar-refractivity contribution >= 4 is 23.6 Å². The zero-order valence-electron chi connectivity index (χ0n) is 20.1. The fourth-order valence-electron chi connectivity index (χ4n) is 4.51. The van der Waals surface area contributed by atoms with Crippen molar-refractivity contribution in [2.75, 3.05) is 0 Å². The lowest BCUT2D eigenvalue weighted by Crippen LogP contribution is -2.58. The highest BCUT2D eigenvalue weighted by Crippen LogP contribution is 2.44. The lowest BCUT2D eigenvalue weighted by molar-refractivity contribution is -0.134. The van der Waals surface area contributed by atoms with Crippen molar-refractivity contribution in [1.82, 2.24) is 21.3 Å². The molecule has 3 rings (SSSR count). The van der Waals surface area contributed by atoms with Gasteiger partial charge in [0.1, 0.15) is 18.1 Å². The SMILES string of the molecule is CC(=O)N[C@H](C(=O)N[C@@H](CC1CC1)C(=O)N[C@H](C#N)C[C@@H]1CCC2(CC2)NC1=O)C(C)(C)C. The van der Waals surface area contributed by atoms with Gasteiger partial charge in [0.2, 0.25) is 23.6 Å². The van der Waals surface area contributed by atoms with Crippen LogP contribution in [0.2, 0.25) is 0 Å². The van der Waals surface area contributed by atoms with Gasteiger partial charge < -0.3 is 21.3 Å². The Bertz CT molecular complexity index is 835. The summed E-state index contributed by atoms with van der Waals surface area (Å²) in [5.74, 6) is -1.16. The van der Waals surface area contributed by atoms with E-state index in [1.54, 1.807) is 0 Å². The highest BCUT2D eigenvalue weighted by Gasteiger charge is 2.48. The number of hydrogen-bond acceptors (Lipinski definition) is 5. The molecule has 3 aliphatic rings. The molecular weight excluding hydrogens is 422 g/mol. The minimum absolute atomic E-state index is 0.0177. The van der Waals surface area contributed by atoms with Crippen molar-refractivity contribution in [1.29, 1.82) is 5.26 Å². The van der Waals surface area contributed by atoms with Gasteiger partial charge in [-0.05, 0) is 49.9 Å². The first-order valence-corrected chi connectivity index (χ1v) is 12.0. The Morgan fingerprint density at radius 3 is 2.21 bits per heavy atom. The van der Waals surface area contributed by atoms with Crippen molar-refractivity contribution in [2.24, 2.45) is 17.3 Å². The molecule has 4 atom stereocenters. The monoisotopic (exact) mass is 459 g/mol. The number of nitriles is 1. The second-order valence-electron chi connectivity index (χ2n) is 11.2. The van der Waals surface area contributed by atoms with E-state index in [1.807, 2.05) is 20.8 Å². The van der Waals surface area contributed by atoms with Gasteiger partial charge >= 0.3 is 0 Å². The third-order valence-corrected chi connectivity index (χ3v) is 6.95. The summed E-state index contributed by atoms with van der Waals surface area (Å²) in [5, 5.41) is 20.9. The van der Waals surface area contributed by atoms with Gasteiger partial charge in [0.05, 0.1) is 6.07 Å². The lowest BCUT2D eigenvalue weighted by atomic mass is 9.85. The number of carbonyl (C=O) groups is 4. The molecular formula is C24H37N5O4. The summed E-state index contributed by atoms with van der Waals surface area (Å²) in [4.78, 5) is 50.1. The number of nitrogens with zero attached hydrogens (tertiary/aromatic N) is 1. The van der Waals surface area contributed by atoms with E-state index < -0.39 is 35.4 Å². The molecule has 0 aromatic heterocycles. The van der Waals surface area contributed by atoms with E-state index in [9.17, 15) is 24.4 Å². The minimum atomic E-state index is -0.811. The van der Waals surface area contributed by atoms with Gasteiger partial charge in [0.15, 0.2) is 0 Å². The Balaban J connectivity index is 1.61. The Hall–Kier alpha value is -2.63. The van der Waals surface area contributed by atoms with Gasteiger partial charge in [-0.2, -0.15) is 5.26 Å². The van der Waals surface area contributed by atoms with Crippen LogP contribution in [0, 0.1) is 28.6 Å². The third kappa shape index (κ3) is 6.92. The Morgan fingerprint density at radius 1 is 1.06 bits per heavy atom. The molecule has 0 radical (unpaired) electrons. The van der Waals surface area contributed by atoms with Gasteiger partial charge in [-0.1, -0.05) is 33.6 Å². The predicted octanol–water partition coefficient (Wildman–Crippen LogP) is 1.28. The van der Waals surface area contributed by atoms with E-state index in [4.69, 9.17) is 0 Å². The number of rotatable bonds is 9. The van der Waals surface area contributed by atoms with E-state index in [-0.39, 0.29) is 29.7 Å². The molecule has 0 aromatic rings. The van der Waals surface area contributed by atoms with Crippen LogP contribution in [0.15, 0.2) is 0 Å². The molecule has 33 heavy (non-hydrogen) atoms. The molecule has 1 aliphatic heterocycles. The normalized spacial score (nSPS) is 24.0. The van der Waals surface area contributed by atoms with Gasteiger partial charge in [-0.15, -0.1) is 0 Å². The maximum Gasteiger partial charge on any atom is 0.243 e. The highest BCUT2D eigenvalue weighted by molar-refractivity contribution is 5.92. The van der Waals surface area contributed by atoms with Crippen LogP contribution in [-0.2, 0) is 19.2 Å². The third-order valence-electron chi connectivity index (χ3n) is 6.95. The summed E-state index contributed by atoms with van der Waals surface area (Å²) in [7, 11) is 0. The molecule has 0 aromatic carbocycles. The molecule has 1 heterocycles. The Labute approximate surface area is 195 Å². The van der Waals surface area contributed by atoms with Crippen molar-refractivity contribution in [2.45, 2.75) is 103 Å². The summed E-state index contributed by atoms with van der Waals surface area (Å²) < 4.78 is 0. The van der Waals surface area contributed by atoms with Crippen LogP contribution < -0.4 is 21.3 Å². The molecule has 2 saturated carbocycles. The molecule has 3 fully saturated rings. The predicted molar refractivity (Wildman–Crippen MR) is 121 cm³/mol. The molecule has 182 valence electrons. The molecule has 9 heteroatoms. The summed E-state index contributed by atoms with van der Waals surface area (Å²) in [5.41, 5.74) is -0.561. The second-order valence-corrected chi connectivity index (χ2v) is 11.2. The summed E-state index contributed by atoms with van der Waals surface area (Å²) >= 11 is 0. The van der Waals surface area contributed by atoms with E-state index in [0.717, 1.165) is 32.1 Å². The number of amides is 4. The fourth-order valence-corrected chi connectivity index (χ4v) is 4.51.